The number of rotatable bonds is 7. The highest BCUT2D eigenvalue weighted by Gasteiger charge is 2.35. The van der Waals surface area contributed by atoms with Crippen molar-refractivity contribution >= 4 is 35.8 Å². The summed E-state index contributed by atoms with van der Waals surface area (Å²) in [5, 5.41) is 17.0. The molecule has 0 aromatic heterocycles. The number of nitrogens with zero attached hydrogens (tertiary/aromatic N) is 2. The number of aliphatic imine (C=N–C) groups is 1. The maximum atomic E-state index is 12.5. The lowest BCUT2D eigenvalue weighted by atomic mass is 9.73. The number of carbonyl (C=O) groups excluding carboxylic acids is 1. The molecular formula is C23H37IN4O2. The van der Waals surface area contributed by atoms with E-state index in [0.29, 0.717) is 19.5 Å². The molecule has 0 radical (unpaired) electrons. The van der Waals surface area contributed by atoms with Gasteiger partial charge in [0.05, 0.1) is 12.6 Å². The second-order valence-corrected chi connectivity index (χ2v) is 8.66. The Morgan fingerprint density at radius 2 is 1.93 bits per heavy atom. The Bertz CT molecular complexity index is 702. The van der Waals surface area contributed by atoms with Gasteiger partial charge in [0.25, 0.3) is 0 Å². The van der Waals surface area contributed by atoms with E-state index in [1.54, 1.807) is 0 Å². The molecule has 1 saturated carbocycles. The molecule has 30 heavy (non-hydrogen) atoms. The first-order valence-corrected chi connectivity index (χ1v) is 11.1. The SMILES string of the molecule is CCNC(=NCC1(C)CCCCC1O)NCCCC(=O)N1Cc2ccccc2C1.I. The van der Waals surface area contributed by atoms with Gasteiger partial charge in [0.15, 0.2) is 5.96 Å². The maximum absolute atomic E-state index is 12.5. The number of carbonyl (C=O) groups is 1. The molecule has 6 nitrogen and oxygen atoms in total. The van der Waals surface area contributed by atoms with E-state index in [0.717, 1.165) is 57.7 Å². The van der Waals surface area contributed by atoms with Crippen LogP contribution in [0.1, 0.15) is 63.5 Å². The molecule has 0 saturated heterocycles. The van der Waals surface area contributed by atoms with Gasteiger partial charge in [0.2, 0.25) is 5.91 Å². The van der Waals surface area contributed by atoms with Gasteiger partial charge in [-0.2, -0.15) is 0 Å². The molecule has 0 spiro atoms. The van der Waals surface area contributed by atoms with Crippen molar-refractivity contribution in [3.05, 3.63) is 35.4 Å². The zero-order valence-corrected chi connectivity index (χ0v) is 20.7. The van der Waals surface area contributed by atoms with E-state index in [2.05, 4.69) is 29.7 Å². The van der Waals surface area contributed by atoms with Crippen LogP contribution in [-0.4, -0.2) is 47.6 Å². The van der Waals surface area contributed by atoms with Crippen molar-refractivity contribution in [1.29, 1.82) is 0 Å². The second-order valence-electron chi connectivity index (χ2n) is 8.66. The molecule has 7 heteroatoms. The summed E-state index contributed by atoms with van der Waals surface area (Å²) in [7, 11) is 0. The maximum Gasteiger partial charge on any atom is 0.223 e. The van der Waals surface area contributed by atoms with Crippen LogP contribution in [0.25, 0.3) is 0 Å². The minimum absolute atomic E-state index is 0. The Balaban J connectivity index is 0.00000320. The van der Waals surface area contributed by atoms with Crippen molar-refractivity contribution in [3.63, 3.8) is 0 Å². The number of hydrogen-bond acceptors (Lipinski definition) is 3. The van der Waals surface area contributed by atoms with Crippen molar-refractivity contribution in [2.75, 3.05) is 19.6 Å². The highest BCUT2D eigenvalue weighted by molar-refractivity contribution is 14.0. The standard InChI is InChI=1S/C23H36N4O2.HI/c1-3-24-22(26-17-23(2)13-7-6-11-20(23)28)25-14-8-12-21(29)27-15-18-9-4-5-10-19(18)16-27;/h4-5,9-10,20,28H,3,6-8,11-17H2,1-2H3,(H2,24,25,26);1H. The van der Waals surface area contributed by atoms with Crippen LogP contribution in [0, 0.1) is 5.41 Å². The molecule has 1 amide bonds. The summed E-state index contributed by atoms with van der Waals surface area (Å²) in [5.41, 5.74) is 2.39. The number of nitrogens with one attached hydrogen (secondary N) is 2. The minimum atomic E-state index is -0.273. The van der Waals surface area contributed by atoms with Crippen LogP contribution >= 0.6 is 24.0 Å². The lowest BCUT2D eigenvalue weighted by Crippen LogP contribution is -2.42. The first kappa shape index (κ1) is 24.9. The molecule has 1 aliphatic carbocycles. The summed E-state index contributed by atoms with van der Waals surface area (Å²) in [5.74, 6) is 0.982. The van der Waals surface area contributed by atoms with Crippen LogP contribution in [0.5, 0.6) is 0 Å². The molecule has 2 unspecified atom stereocenters. The molecule has 168 valence electrons. The average molecular weight is 528 g/mol. The zero-order chi connectivity index (χ0) is 20.7. The Morgan fingerprint density at radius 1 is 1.23 bits per heavy atom. The number of benzene rings is 1. The van der Waals surface area contributed by atoms with Crippen molar-refractivity contribution < 1.29 is 9.90 Å². The van der Waals surface area contributed by atoms with Gasteiger partial charge in [-0.1, -0.05) is 44.0 Å². The first-order valence-electron chi connectivity index (χ1n) is 11.1. The van der Waals surface area contributed by atoms with Gasteiger partial charge in [-0.15, -0.1) is 24.0 Å². The summed E-state index contributed by atoms with van der Waals surface area (Å²) < 4.78 is 0. The first-order chi connectivity index (χ1) is 14.0. The molecule has 2 aliphatic rings. The third kappa shape index (κ3) is 6.57. The Labute approximate surface area is 197 Å². The highest BCUT2D eigenvalue weighted by Crippen LogP contribution is 2.36. The minimum Gasteiger partial charge on any atom is -0.392 e. The van der Waals surface area contributed by atoms with E-state index >= 15 is 0 Å². The van der Waals surface area contributed by atoms with E-state index in [9.17, 15) is 9.90 Å². The molecule has 2 atom stereocenters. The third-order valence-corrected chi connectivity index (χ3v) is 6.28. The molecule has 3 N–H and O–H groups in total. The summed E-state index contributed by atoms with van der Waals surface area (Å²) in [6.45, 7) is 7.75. The molecule has 1 aromatic carbocycles. The van der Waals surface area contributed by atoms with Crippen LogP contribution in [0.3, 0.4) is 0 Å². The predicted octanol–water partition coefficient (Wildman–Crippen LogP) is 3.42. The van der Waals surface area contributed by atoms with E-state index < -0.39 is 0 Å². The lowest BCUT2D eigenvalue weighted by Gasteiger charge is -2.37. The molecule has 1 aromatic rings. The fraction of sp³-hybridized carbons (Fsp3) is 0.652. The third-order valence-electron chi connectivity index (χ3n) is 6.28. The smallest absolute Gasteiger partial charge is 0.223 e. The lowest BCUT2D eigenvalue weighted by molar-refractivity contribution is -0.131. The molecule has 3 rings (SSSR count). The number of fused-ring (bicyclic) bond motifs is 1. The summed E-state index contributed by atoms with van der Waals surface area (Å²) in [4.78, 5) is 19.2. The summed E-state index contributed by atoms with van der Waals surface area (Å²) in [6.07, 6.45) is 5.20. The van der Waals surface area contributed by atoms with Crippen molar-refractivity contribution in [2.24, 2.45) is 10.4 Å². The Hall–Kier alpha value is -1.35. The van der Waals surface area contributed by atoms with Gasteiger partial charge < -0.3 is 20.6 Å². The molecule has 1 fully saturated rings. The van der Waals surface area contributed by atoms with Crippen molar-refractivity contribution in [3.8, 4) is 0 Å². The van der Waals surface area contributed by atoms with E-state index in [4.69, 9.17) is 4.99 Å². The molecule has 1 heterocycles. The van der Waals surface area contributed by atoms with Gasteiger partial charge in [-0.3, -0.25) is 9.79 Å². The van der Waals surface area contributed by atoms with Gasteiger partial charge in [-0.05, 0) is 37.3 Å². The summed E-state index contributed by atoms with van der Waals surface area (Å²) in [6, 6.07) is 8.27. The normalized spacial score (nSPS) is 23.5. The predicted molar refractivity (Wildman–Crippen MR) is 132 cm³/mol. The largest absolute Gasteiger partial charge is 0.392 e. The van der Waals surface area contributed by atoms with Gasteiger partial charge >= 0.3 is 0 Å². The zero-order valence-electron chi connectivity index (χ0n) is 18.3. The Morgan fingerprint density at radius 3 is 2.57 bits per heavy atom. The highest BCUT2D eigenvalue weighted by atomic mass is 127. The van der Waals surface area contributed by atoms with E-state index in [1.807, 2.05) is 24.0 Å². The number of hydrogen-bond donors (Lipinski definition) is 3. The Kier molecular flexibility index (Phi) is 9.87. The van der Waals surface area contributed by atoms with Crippen LogP contribution in [0.2, 0.25) is 0 Å². The topological polar surface area (TPSA) is 77.0 Å². The second kappa shape index (κ2) is 11.9. The number of amides is 1. The number of guanidine groups is 1. The van der Waals surface area contributed by atoms with Crippen LogP contribution in [0.15, 0.2) is 29.3 Å². The molecule has 0 bridgehead atoms. The van der Waals surface area contributed by atoms with Gasteiger partial charge in [-0.25, -0.2) is 0 Å². The fourth-order valence-electron chi connectivity index (χ4n) is 4.28. The average Bonchev–Trinajstić information content (AvgIpc) is 3.16. The van der Waals surface area contributed by atoms with E-state index in [1.165, 1.54) is 11.1 Å². The monoisotopic (exact) mass is 528 g/mol. The van der Waals surface area contributed by atoms with Crippen molar-refractivity contribution in [2.45, 2.75) is 71.6 Å². The van der Waals surface area contributed by atoms with E-state index in [-0.39, 0.29) is 41.4 Å². The fourth-order valence-corrected chi connectivity index (χ4v) is 4.28. The van der Waals surface area contributed by atoms with Gasteiger partial charge in [0, 0.05) is 38.0 Å². The molecule has 1 aliphatic heterocycles. The van der Waals surface area contributed by atoms with Crippen LogP contribution < -0.4 is 10.6 Å². The molecular weight excluding hydrogens is 491 g/mol. The van der Waals surface area contributed by atoms with Gasteiger partial charge in [0.1, 0.15) is 0 Å². The van der Waals surface area contributed by atoms with Crippen molar-refractivity contribution in [1.82, 2.24) is 15.5 Å². The quantitative estimate of drug-likeness (QED) is 0.220. The number of aliphatic hydroxyl groups excluding tert-OH is 1. The van der Waals surface area contributed by atoms with Crippen LogP contribution in [-0.2, 0) is 17.9 Å². The summed E-state index contributed by atoms with van der Waals surface area (Å²) >= 11 is 0. The van der Waals surface area contributed by atoms with Crippen LogP contribution in [0.4, 0.5) is 0 Å². The number of halogens is 1. The number of aliphatic hydroxyl groups is 1.